The fraction of sp³-hybridized carbons (Fsp3) is 0.957. The van der Waals surface area contributed by atoms with E-state index < -0.39 is 43.4 Å². The smallest absolute Gasteiger partial charge is 0.305 e. The highest BCUT2D eigenvalue weighted by Gasteiger charge is 2.44. The molecule has 1 rings (SSSR count). The molecule has 0 aromatic heterocycles. The molecular weight excluding hydrogens is 420 g/mol. The Morgan fingerprint density at radius 3 is 1.97 bits per heavy atom. The summed E-state index contributed by atoms with van der Waals surface area (Å²) >= 11 is 0. The Bertz CT molecular complexity index is 474. The molecule has 0 amide bonds. The molecule has 9 nitrogen and oxygen atoms in total. The molecule has 0 radical (unpaired) electrons. The van der Waals surface area contributed by atoms with Crippen LogP contribution in [-0.2, 0) is 19.0 Å². The lowest BCUT2D eigenvalue weighted by molar-refractivity contribution is -0.305. The first kappa shape index (κ1) is 29.2. The first-order chi connectivity index (χ1) is 15.4. The lowest BCUT2D eigenvalue weighted by Gasteiger charge is -2.39. The minimum Gasteiger partial charge on any atom is -0.463 e. The molecule has 5 N–H and O–H groups in total. The van der Waals surface area contributed by atoms with E-state index in [1.54, 1.807) is 0 Å². The van der Waals surface area contributed by atoms with Gasteiger partial charge in [0.25, 0.3) is 0 Å². The van der Waals surface area contributed by atoms with Crippen LogP contribution in [-0.4, -0.2) is 88.1 Å². The zero-order valence-corrected chi connectivity index (χ0v) is 19.4. The van der Waals surface area contributed by atoms with E-state index in [4.69, 9.17) is 19.3 Å². The van der Waals surface area contributed by atoms with Gasteiger partial charge < -0.3 is 39.7 Å². The fourth-order valence-electron chi connectivity index (χ4n) is 3.65. The van der Waals surface area contributed by atoms with Gasteiger partial charge in [0.05, 0.1) is 13.2 Å². The maximum Gasteiger partial charge on any atom is 0.305 e. The molecule has 1 aliphatic rings. The van der Waals surface area contributed by atoms with Crippen molar-refractivity contribution in [3.63, 3.8) is 0 Å². The molecule has 0 aliphatic carbocycles. The summed E-state index contributed by atoms with van der Waals surface area (Å²) in [5.41, 5.74) is 0. The Labute approximate surface area is 191 Å². The number of rotatable bonds is 18. The number of hydrogen-bond acceptors (Lipinski definition) is 9. The highest BCUT2D eigenvalue weighted by molar-refractivity contribution is 5.69. The number of aliphatic hydroxyl groups excluding tert-OH is 5. The van der Waals surface area contributed by atoms with Crippen LogP contribution >= 0.6 is 0 Å². The van der Waals surface area contributed by atoms with Crippen molar-refractivity contribution >= 4 is 5.97 Å². The van der Waals surface area contributed by atoms with Gasteiger partial charge in [0.15, 0.2) is 6.29 Å². The summed E-state index contributed by atoms with van der Waals surface area (Å²) in [7, 11) is 0. The van der Waals surface area contributed by atoms with Gasteiger partial charge in [0.2, 0.25) is 0 Å². The summed E-state index contributed by atoms with van der Waals surface area (Å²) in [6.07, 6.45) is 5.36. The second-order valence-corrected chi connectivity index (χ2v) is 8.65. The Hall–Kier alpha value is -0.810. The second-order valence-electron chi connectivity index (χ2n) is 8.65. The minimum atomic E-state index is -1.55. The first-order valence-electron chi connectivity index (χ1n) is 12.2. The summed E-state index contributed by atoms with van der Waals surface area (Å²) in [5, 5.41) is 48.4. The van der Waals surface area contributed by atoms with Crippen molar-refractivity contribution in [2.45, 2.75) is 121 Å². The van der Waals surface area contributed by atoms with E-state index in [1.807, 2.05) is 0 Å². The number of carbonyl (C=O) groups excluding carboxylic acids is 1. The number of ether oxygens (including phenoxy) is 3. The van der Waals surface area contributed by atoms with Crippen molar-refractivity contribution in [1.29, 1.82) is 0 Å². The molecule has 0 bridgehead atoms. The van der Waals surface area contributed by atoms with Crippen molar-refractivity contribution in [2.75, 3.05) is 19.8 Å². The van der Waals surface area contributed by atoms with Gasteiger partial charge >= 0.3 is 5.97 Å². The van der Waals surface area contributed by atoms with E-state index in [2.05, 4.69) is 6.92 Å². The summed E-state index contributed by atoms with van der Waals surface area (Å²) in [6, 6.07) is 0. The average Bonchev–Trinajstić information content (AvgIpc) is 2.79. The SMILES string of the molecule is CCCCCCCCCCCCCC(=O)OCC(O)CO[C@@H]1OC(CO)[C@H](O)C(O)C1O. The topological polar surface area (TPSA) is 146 Å². The van der Waals surface area contributed by atoms with Crippen molar-refractivity contribution in [1.82, 2.24) is 0 Å². The van der Waals surface area contributed by atoms with E-state index >= 15 is 0 Å². The number of esters is 1. The van der Waals surface area contributed by atoms with E-state index in [0.717, 1.165) is 19.3 Å². The highest BCUT2D eigenvalue weighted by Crippen LogP contribution is 2.22. The van der Waals surface area contributed by atoms with Crippen LogP contribution in [0.15, 0.2) is 0 Å². The maximum absolute atomic E-state index is 11.8. The Morgan fingerprint density at radius 1 is 0.844 bits per heavy atom. The zero-order chi connectivity index (χ0) is 23.8. The molecule has 0 spiro atoms. The molecule has 1 fully saturated rings. The van der Waals surface area contributed by atoms with Crippen LogP contribution in [0.3, 0.4) is 0 Å². The highest BCUT2D eigenvalue weighted by atomic mass is 16.7. The number of aliphatic hydroxyl groups is 5. The predicted octanol–water partition coefficient (Wildman–Crippen LogP) is 1.41. The predicted molar refractivity (Wildman–Crippen MR) is 118 cm³/mol. The molecular formula is C23H44O9. The van der Waals surface area contributed by atoms with E-state index in [0.29, 0.717) is 6.42 Å². The van der Waals surface area contributed by atoms with Gasteiger partial charge in [0, 0.05) is 6.42 Å². The van der Waals surface area contributed by atoms with Gasteiger partial charge in [-0.2, -0.15) is 0 Å². The molecule has 1 saturated heterocycles. The molecule has 6 atom stereocenters. The van der Waals surface area contributed by atoms with Crippen molar-refractivity contribution in [2.24, 2.45) is 0 Å². The van der Waals surface area contributed by atoms with Crippen LogP contribution in [0.1, 0.15) is 84.0 Å². The molecule has 0 aromatic carbocycles. The van der Waals surface area contributed by atoms with Gasteiger partial charge in [-0.25, -0.2) is 0 Å². The Morgan fingerprint density at radius 2 is 1.41 bits per heavy atom. The summed E-state index contributed by atoms with van der Waals surface area (Å²) < 4.78 is 15.4. The van der Waals surface area contributed by atoms with E-state index in [1.165, 1.54) is 51.4 Å². The molecule has 0 saturated carbocycles. The molecule has 4 unspecified atom stereocenters. The van der Waals surface area contributed by atoms with E-state index in [9.17, 15) is 25.2 Å². The quantitative estimate of drug-likeness (QED) is 0.150. The van der Waals surface area contributed by atoms with Crippen LogP contribution in [0.4, 0.5) is 0 Å². The summed E-state index contributed by atoms with van der Waals surface area (Å²) in [5.74, 6) is -0.382. The molecule has 32 heavy (non-hydrogen) atoms. The fourth-order valence-corrected chi connectivity index (χ4v) is 3.65. The maximum atomic E-state index is 11.8. The van der Waals surface area contributed by atoms with E-state index in [-0.39, 0.29) is 19.2 Å². The van der Waals surface area contributed by atoms with Crippen molar-refractivity contribution in [3.8, 4) is 0 Å². The van der Waals surface area contributed by atoms with Crippen LogP contribution in [0.2, 0.25) is 0 Å². The largest absolute Gasteiger partial charge is 0.463 e. The molecule has 9 heteroatoms. The van der Waals surface area contributed by atoms with Crippen LogP contribution in [0.5, 0.6) is 0 Å². The van der Waals surface area contributed by atoms with Crippen molar-refractivity contribution < 1.29 is 44.5 Å². The molecule has 1 aliphatic heterocycles. The summed E-state index contributed by atoms with van der Waals surface area (Å²) in [6.45, 7) is 1.09. The third kappa shape index (κ3) is 11.9. The summed E-state index contributed by atoms with van der Waals surface area (Å²) in [4.78, 5) is 11.8. The van der Waals surface area contributed by atoms with Crippen LogP contribution < -0.4 is 0 Å². The molecule has 190 valence electrons. The van der Waals surface area contributed by atoms with Gasteiger partial charge in [0.1, 0.15) is 37.1 Å². The minimum absolute atomic E-state index is 0.256. The van der Waals surface area contributed by atoms with Crippen LogP contribution in [0.25, 0.3) is 0 Å². The Balaban J connectivity index is 2.03. The number of unbranched alkanes of at least 4 members (excludes halogenated alkanes) is 10. The van der Waals surface area contributed by atoms with Crippen molar-refractivity contribution in [3.05, 3.63) is 0 Å². The lowest BCUT2D eigenvalue weighted by atomic mass is 9.99. The second kappa shape index (κ2) is 17.6. The monoisotopic (exact) mass is 464 g/mol. The Kier molecular flexibility index (Phi) is 16.1. The standard InChI is InChI=1S/C23H44O9/c1-2-3-4-5-6-7-8-9-10-11-12-13-19(26)30-15-17(25)16-31-23-22(29)21(28)20(27)18(14-24)32-23/h17-18,20-25,27-29H,2-16H2,1H3/t17?,18?,20-,21?,22?,23+/m0/s1. The normalized spacial score (nSPS) is 26.8. The third-order valence-corrected chi connectivity index (χ3v) is 5.72. The average molecular weight is 465 g/mol. The van der Waals surface area contributed by atoms with Crippen LogP contribution in [0, 0.1) is 0 Å². The third-order valence-electron chi connectivity index (χ3n) is 5.72. The van der Waals surface area contributed by atoms with Gasteiger partial charge in [-0.1, -0.05) is 71.1 Å². The first-order valence-corrected chi connectivity index (χ1v) is 12.2. The molecule has 0 aromatic rings. The van der Waals surface area contributed by atoms with Gasteiger partial charge in [-0.3, -0.25) is 4.79 Å². The molecule has 1 heterocycles. The number of carbonyl (C=O) groups is 1. The number of hydrogen-bond donors (Lipinski definition) is 5. The van der Waals surface area contributed by atoms with Gasteiger partial charge in [-0.05, 0) is 6.42 Å². The lowest BCUT2D eigenvalue weighted by Crippen LogP contribution is -2.59. The zero-order valence-electron chi connectivity index (χ0n) is 19.4. The van der Waals surface area contributed by atoms with Gasteiger partial charge in [-0.15, -0.1) is 0 Å².